The van der Waals surface area contributed by atoms with Gasteiger partial charge in [-0.15, -0.1) is 6.58 Å². The number of hydrogen-bond donors (Lipinski definition) is 0. The van der Waals surface area contributed by atoms with Crippen molar-refractivity contribution in [1.82, 2.24) is 0 Å². The maximum absolute atomic E-state index is 8.19. The van der Waals surface area contributed by atoms with E-state index in [9.17, 15) is 0 Å². The molecule has 0 radical (unpaired) electrons. The summed E-state index contributed by atoms with van der Waals surface area (Å²) < 4.78 is 4.92. The highest BCUT2D eigenvalue weighted by molar-refractivity contribution is 5.77. The van der Waals surface area contributed by atoms with Gasteiger partial charge in [0.25, 0.3) is 0 Å². The summed E-state index contributed by atoms with van der Waals surface area (Å²) in [6.07, 6.45) is 5.91. The molecular weight excluding hydrogens is 152 g/mol. The van der Waals surface area contributed by atoms with E-state index in [-0.39, 0.29) is 0 Å². The number of ether oxygens (including phenoxy) is 1. The van der Waals surface area contributed by atoms with Crippen molar-refractivity contribution in [2.24, 2.45) is 4.99 Å². The van der Waals surface area contributed by atoms with E-state index < -0.39 is 0 Å². The summed E-state index contributed by atoms with van der Waals surface area (Å²) >= 11 is 0. The monoisotopic (exact) mass is 164 g/mol. The molecule has 0 saturated heterocycles. The number of methoxy groups -OCH3 is 1. The zero-order chi connectivity index (χ0) is 9.23. The van der Waals surface area contributed by atoms with Crippen molar-refractivity contribution in [1.29, 1.82) is 5.26 Å². The molecule has 0 aromatic heterocycles. The second-order valence-corrected chi connectivity index (χ2v) is 1.97. The molecule has 0 atom stereocenters. The third-order valence-electron chi connectivity index (χ3n) is 1.09. The van der Waals surface area contributed by atoms with Gasteiger partial charge in [0, 0.05) is 12.6 Å². The van der Waals surface area contributed by atoms with Crippen molar-refractivity contribution < 1.29 is 4.74 Å². The van der Waals surface area contributed by atoms with Gasteiger partial charge in [-0.25, -0.2) is 4.99 Å². The van der Waals surface area contributed by atoms with Crippen LogP contribution in [0.1, 0.15) is 12.8 Å². The maximum Gasteiger partial charge on any atom is 0.191 e. The molecule has 3 heteroatoms. The molecule has 12 heavy (non-hydrogen) atoms. The topological polar surface area (TPSA) is 45.4 Å². The quantitative estimate of drug-likeness (QED) is 0.362. The van der Waals surface area contributed by atoms with Crippen LogP contribution in [-0.2, 0) is 4.74 Å². The van der Waals surface area contributed by atoms with Gasteiger partial charge in [-0.2, -0.15) is 5.26 Å². The molecule has 0 aliphatic carbocycles. The smallest absolute Gasteiger partial charge is 0.191 e. The van der Waals surface area contributed by atoms with Crippen LogP contribution >= 0.6 is 0 Å². The lowest BCUT2D eigenvalue weighted by Gasteiger charge is -1.97. The highest BCUT2D eigenvalue weighted by Gasteiger charge is 1.89. The third kappa shape index (κ3) is 5.24. The number of allylic oxidation sites excluding steroid dienone is 1. The van der Waals surface area contributed by atoms with Crippen LogP contribution in [0, 0.1) is 11.3 Å². The maximum atomic E-state index is 8.19. The van der Waals surface area contributed by atoms with Gasteiger partial charge in [-0.1, -0.05) is 12.2 Å². The Labute approximate surface area is 72.7 Å². The summed E-state index contributed by atoms with van der Waals surface area (Å²) in [6.45, 7) is 3.56. The predicted octanol–water partition coefficient (Wildman–Crippen LogP) is 2.03. The molecule has 0 N–H and O–H groups in total. The Kier molecular flexibility index (Phi) is 6.56. The Balaban J connectivity index is 3.93. The van der Waals surface area contributed by atoms with E-state index in [4.69, 9.17) is 10.00 Å². The largest absolute Gasteiger partial charge is 0.484 e. The lowest BCUT2D eigenvalue weighted by Crippen LogP contribution is -1.97. The van der Waals surface area contributed by atoms with Gasteiger partial charge in [0.1, 0.15) is 0 Å². The van der Waals surface area contributed by atoms with Gasteiger partial charge >= 0.3 is 0 Å². The summed E-state index contributed by atoms with van der Waals surface area (Å²) in [5.74, 6) is 0.596. The molecule has 64 valence electrons. The average Bonchev–Trinajstić information content (AvgIpc) is 2.10. The first-order valence-corrected chi connectivity index (χ1v) is 3.58. The molecule has 0 spiro atoms. The summed E-state index contributed by atoms with van der Waals surface area (Å²) in [5.41, 5.74) is 0. The standard InChI is InChI=1S/C9H12N2O/c1-3-6-9(12-2)11-8-5-4-7-10/h3,5,8H,1,4,6H2,2H3/b8-5-,11-9?. The lowest BCUT2D eigenvalue weighted by atomic mass is 10.4. The zero-order valence-electron chi connectivity index (χ0n) is 7.16. The molecule has 0 aromatic carbocycles. The van der Waals surface area contributed by atoms with Gasteiger partial charge in [-0.05, 0) is 0 Å². The van der Waals surface area contributed by atoms with Gasteiger partial charge in [0.15, 0.2) is 5.90 Å². The molecule has 0 unspecified atom stereocenters. The van der Waals surface area contributed by atoms with Crippen LogP contribution in [0.3, 0.4) is 0 Å². The fraction of sp³-hybridized carbons (Fsp3) is 0.333. The molecule has 0 aromatic rings. The van der Waals surface area contributed by atoms with Gasteiger partial charge in [0.05, 0.1) is 19.6 Å². The van der Waals surface area contributed by atoms with Crippen LogP contribution in [-0.4, -0.2) is 13.0 Å². The minimum atomic E-state index is 0.370. The molecule has 0 saturated carbocycles. The van der Waals surface area contributed by atoms with E-state index in [0.717, 1.165) is 0 Å². The Morgan fingerprint density at radius 2 is 2.50 bits per heavy atom. The molecular formula is C9H12N2O. The minimum Gasteiger partial charge on any atom is -0.484 e. The second kappa shape index (κ2) is 7.55. The number of rotatable bonds is 4. The van der Waals surface area contributed by atoms with Gasteiger partial charge in [-0.3, -0.25) is 0 Å². The van der Waals surface area contributed by atoms with Crippen molar-refractivity contribution in [2.45, 2.75) is 12.8 Å². The zero-order valence-corrected chi connectivity index (χ0v) is 7.16. The van der Waals surface area contributed by atoms with Gasteiger partial charge < -0.3 is 4.74 Å². The average molecular weight is 164 g/mol. The summed E-state index contributed by atoms with van der Waals surface area (Å²) in [7, 11) is 1.56. The van der Waals surface area contributed by atoms with Crippen LogP contribution in [0.4, 0.5) is 0 Å². The molecule has 0 aliphatic heterocycles. The fourth-order valence-corrected chi connectivity index (χ4v) is 0.553. The third-order valence-corrected chi connectivity index (χ3v) is 1.09. The van der Waals surface area contributed by atoms with Crippen molar-refractivity contribution >= 4 is 5.90 Å². The summed E-state index contributed by atoms with van der Waals surface area (Å²) in [5, 5.41) is 8.19. The molecule has 0 bridgehead atoms. The van der Waals surface area contributed by atoms with E-state index >= 15 is 0 Å². The molecule has 3 nitrogen and oxygen atoms in total. The van der Waals surface area contributed by atoms with Crippen LogP contribution in [0.25, 0.3) is 0 Å². The number of nitrogens with zero attached hydrogens (tertiary/aromatic N) is 2. The molecule has 0 heterocycles. The first-order chi connectivity index (χ1) is 5.85. The van der Waals surface area contributed by atoms with E-state index in [2.05, 4.69) is 11.6 Å². The summed E-state index contributed by atoms with van der Waals surface area (Å²) in [4.78, 5) is 3.96. The molecule has 0 rings (SSSR count). The van der Waals surface area contributed by atoms with Gasteiger partial charge in [0.2, 0.25) is 0 Å². The summed E-state index contributed by atoms with van der Waals surface area (Å²) in [6, 6.07) is 1.97. The van der Waals surface area contributed by atoms with Crippen molar-refractivity contribution in [3.8, 4) is 6.07 Å². The Hall–Kier alpha value is -1.56. The SMILES string of the molecule is C=CCC(=N/C=C\CC#N)OC. The van der Waals surface area contributed by atoms with Crippen molar-refractivity contribution in [3.63, 3.8) is 0 Å². The Bertz CT molecular complexity index is 223. The van der Waals surface area contributed by atoms with Crippen LogP contribution in [0.5, 0.6) is 0 Å². The number of nitriles is 1. The Morgan fingerprint density at radius 3 is 3.00 bits per heavy atom. The molecule has 0 fully saturated rings. The minimum absolute atomic E-state index is 0.370. The van der Waals surface area contributed by atoms with Crippen LogP contribution < -0.4 is 0 Å². The van der Waals surface area contributed by atoms with Crippen molar-refractivity contribution in [2.75, 3.05) is 7.11 Å². The van der Waals surface area contributed by atoms with E-state index in [1.165, 1.54) is 0 Å². The Morgan fingerprint density at radius 1 is 1.75 bits per heavy atom. The second-order valence-electron chi connectivity index (χ2n) is 1.97. The van der Waals surface area contributed by atoms with Crippen LogP contribution in [0.15, 0.2) is 29.9 Å². The fourth-order valence-electron chi connectivity index (χ4n) is 0.553. The van der Waals surface area contributed by atoms with E-state index in [1.807, 2.05) is 6.07 Å². The van der Waals surface area contributed by atoms with E-state index in [0.29, 0.717) is 18.7 Å². The van der Waals surface area contributed by atoms with E-state index in [1.54, 1.807) is 25.5 Å². The first-order valence-electron chi connectivity index (χ1n) is 3.58. The lowest BCUT2D eigenvalue weighted by molar-refractivity contribution is 0.395. The molecule has 0 aliphatic rings. The highest BCUT2D eigenvalue weighted by Crippen LogP contribution is 1.91. The number of hydrogen-bond acceptors (Lipinski definition) is 3. The highest BCUT2D eigenvalue weighted by atomic mass is 16.5. The normalized spacial score (nSPS) is 11.2. The van der Waals surface area contributed by atoms with Crippen LogP contribution in [0.2, 0.25) is 0 Å². The van der Waals surface area contributed by atoms with Crippen molar-refractivity contribution in [3.05, 3.63) is 24.9 Å². The number of aliphatic imine (C=N–C) groups is 1. The first kappa shape index (κ1) is 10.4. The predicted molar refractivity (Wildman–Crippen MR) is 48.6 cm³/mol. The molecule has 0 amide bonds.